The maximum Gasteiger partial charge on any atom is 0.254 e. The lowest BCUT2D eigenvalue weighted by Gasteiger charge is -2.31. The quantitative estimate of drug-likeness (QED) is 0.934. The molecule has 2 aromatic rings. The predicted molar refractivity (Wildman–Crippen MR) is 83.3 cm³/mol. The smallest absolute Gasteiger partial charge is 0.254 e. The van der Waals surface area contributed by atoms with Crippen LogP contribution in [0, 0.1) is 17.6 Å². The molecule has 0 bridgehead atoms. The van der Waals surface area contributed by atoms with Gasteiger partial charge in [-0.25, -0.2) is 13.8 Å². The molecule has 0 aliphatic carbocycles. The Morgan fingerprint density at radius 1 is 1.46 bits per heavy atom. The van der Waals surface area contributed by atoms with Crippen LogP contribution < -0.4 is 5.32 Å². The van der Waals surface area contributed by atoms with Crippen molar-refractivity contribution in [2.75, 3.05) is 13.2 Å². The van der Waals surface area contributed by atoms with Crippen LogP contribution in [0.1, 0.15) is 35.1 Å². The monoisotopic (exact) mass is 335 g/mol. The summed E-state index contributed by atoms with van der Waals surface area (Å²) in [5, 5.41) is 2.72. The van der Waals surface area contributed by atoms with Crippen molar-refractivity contribution < 1.29 is 18.3 Å². The molecule has 0 unspecified atom stereocenters. The van der Waals surface area contributed by atoms with Crippen molar-refractivity contribution in [2.45, 2.75) is 18.9 Å². The van der Waals surface area contributed by atoms with Gasteiger partial charge in [-0.15, -0.1) is 0 Å². The van der Waals surface area contributed by atoms with Crippen molar-refractivity contribution in [2.24, 2.45) is 13.0 Å². The van der Waals surface area contributed by atoms with Gasteiger partial charge in [-0.3, -0.25) is 4.79 Å². The molecule has 1 aliphatic rings. The van der Waals surface area contributed by atoms with Gasteiger partial charge in [0.25, 0.3) is 5.91 Å². The lowest BCUT2D eigenvalue weighted by atomic mass is 9.93. The molecule has 24 heavy (non-hydrogen) atoms. The molecule has 1 aromatic heterocycles. The Bertz CT molecular complexity index is 732. The Morgan fingerprint density at radius 2 is 2.29 bits per heavy atom. The minimum absolute atomic E-state index is 0.0484. The molecule has 1 aliphatic heterocycles. The first-order chi connectivity index (χ1) is 11.6. The largest absolute Gasteiger partial charge is 0.370 e. The number of imidazole rings is 1. The van der Waals surface area contributed by atoms with E-state index in [0.717, 1.165) is 30.8 Å². The molecule has 2 heterocycles. The highest BCUT2D eigenvalue weighted by Crippen LogP contribution is 2.32. The topological polar surface area (TPSA) is 56.1 Å². The van der Waals surface area contributed by atoms with Crippen molar-refractivity contribution in [1.29, 1.82) is 0 Å². The van der Waals surface area contributed by atoms with Crippen molar-refractivity contribution in [1.82, 2.24) is 14.9 Å². The summed E-state index contributed by atoms with van der Waals surface area (Å²) >= 11 is 0. The maximum absolute atomic E-state index is 13.7. The number of carbonyl (C=O) groups is 1. The van der Waals surface area contributed by atoms with E-state index in [1.807, 2.05) is 17.8 Å². The molecule has 1 aromatic carbocycles. The minimum Gasteiger partial charge on any atom is -0.370 e. The normalized spacial score (nSPS) is 20.8. The first-order valence-corrected chi connectivity index (χ1v) is 7.88. The van der Waals surface area contributed by atoms with Crippen LogP contribution in [0.3, 0.4) is 0 Å². The maximum atomic E-state index is 13.7. The van der Waals surface area contributed by atoms with E-state index in [1.54, 1.807) is 6.20 Å². The number of aryl methyl sites for hydroxylation is 1. The van der Waals surface area contributed by atoms with E-state index >= 15 is 0 Å². The lowest BCUT2D eigenvalue weighted by Crippen LogP contribution is -2.36. The van der Waals surface area contributed by atoms with Crippen molar-refractivity contribution in [3.63, 3.8) is 0 Å². The molecule has 0 spiro atoms. The van der Waals surface area contributed by atoms with Crippen LogP contribution >= 0.6 is 0 Å². The van der Waals surface area contributed by atoms with Crippen molar-refractivity contribution in [3.8, 4) is 0 Å². The van der Waals surface area contributed by atoms with Crippen LogP contribution in [0.2, 0.25) is 0 Å². The molecule has 3 rings (SSSR count). The first kappa shape index (κ1) is 16.6. The summed E-state index contributed by atoms with van der Waals surface area (Å²) in [6, 6.07) is 2.92. The molecule has 7 heteroatoms. The zero-order valence-corrected chi connectivity index (χ0v) is 13.3. The summed E-state index contributed by atoms with van der Waals surface area (Å²) in [7, 11) is 1.89. The second kappa shape index (κ2) is 7.09. The van der Waals surface area contributed by atoms with E-state index in [1.165, 1.54) is 0 Å². The van der Waals surface area contributed by atoms with Crippen LogP contribution in [0.5, 0.6) is 0 Å². The fraction of sp³-hybridized carbons (Fsp3) is 0.412. The third-order valence-corrected chi connectivity index (χ3v) is 4.26. The minimum atomic E-state index is -0.868. The van der Waals surface area contributed by atoms with Gasteiger partial charge in [0.1, 0.15) is 23.6 Å². The number of halogens is 2. The number of aromatic nitrogens is 2. The molecule has 1 N–H and O–H groups in total. The Hall–Kier alpha value is -2.28. The highest BCUT2D eigenvalue weighted by molar-refractivity contribution is 5.94. The number of rotatable bonds is 4. The fourth-order valence-corrected chi connectivity index (χ4v) is 2.98. The van der Waals surface area contributed by atoms with Gasteiger partial charge in [0.15, 0.2) is 0 Å². The summed E-state index contributed by atoms with van der Waals surface area (Å²) in [6.45, 7) is 0.988. The third-order valence-electron chi connectivity index (χ3n) is 4.26. The number of amides is 1. The predicted octanol–water partition coefficient (Wildman–Crippen LogP) is 2.60. The zero-order chi connectivity index (χ0) is 17.1. The molecular formula is C17H19F2N3O2. The SMILES string of the molecule is Cn1ccnc1[C@@H]1OCCC[C@H]1CNC(=O)c1ccc(F)cc1F. The molecule has 0 saturated carbocycles. The number of nitrogens with one attached hydrogen (secondary N) is 1. The number of carbonyl (C=O) groups excluding carboxylic acids is 1. The summed E-state index contributed by atoms with van der Waals surface area (Å²) < 4.78 is 34.3. The number of hydrogen-bond acceptors (Lipinski definition) is 3. The van der Waals surface area contributed by atoms with Gasteiger partial charge in [0.05, 0.1) is 5.56 Å². The van der Waals surface area contributed by atoms with Gasteiger partial charge in [0.2, 0.25) is 0 Å². The van der Waals surface area contributed by atoms with E-state index in [-0.39, 0.29) is 17.6 Å². The molecule has 1 amide bonds. The van der Waals surface area contributed by atoms with Crippen LogP contribution in [-0.4, -0.2) is 28.6 Å². The second-order valence-corrected chi connectivity index (χ2v) is 5.92. The van der Waals surface area contributed by atoms with Gasteiger partial charge < -0.3 is 14.6 Å². The van der Waals surface area contributed by atoms with Gasteiger partial charge >= 0.3 is 0 Å². The van der Waals surface area contributed by atoms with Crippen LogP contribution in [0.25, 0.3) is 0 Å². The van der Waals surface area contributed by atoms with E-state index in [4.69, 9.17) is 4.74 Å². The summed E-state index contributed by atoms with van der Waals surface area (Å²) in [6.07, 6.45) is 5.11. The van der Waals surface area contributed by atoms with Crippen molar-refractivity contribution in [3.05, 3.63) is 53.6 Å². The molecule has 0 radical (unpaired) electrons. The molecular weight excluding hydrogens is 316 g/mol. The number of ether oxygens (including phenoxy) is 1. The van der Waals surface area contributed by atoms with Gasteiger partial charge in [-0.1, -0.05) is 0 Å². The number of nitrogens with zero attached hydrogens (tertiary/aromatic N) is 2. The van der Waals surface area contributed by atoms with Crippen LogP contribution in [0.15, 0.2) is 30.6 Å². The molecule has 5 nitrogen and oxygen atoms in total. The summed E-state index contributed by atoms with van der Waals surface area (Å²) in [5.41, 5.74) is -0.165. The van der Waals surface area contributed by atoms with Gasteiger partial charge in [0, 0.05) is 44.6 Å². The zero-order valence-electron chi connectivity index (χ0n) is 13.3. The summed E-state index contributed by atoms with van der Waals surface area (Å²) in [4.78, 5) is 16.5. The molecule has 2 atom stereocenters. The second-order valence-electron chi connectivity index (χ2n) is 5.92. The van der Waals surface area contributed by atoms with Gasteiger partial charge in [-0.05, 0) is 25.0 Å². The Balaban J connectivity index is 1.68. The number of hydrogen-bond donors (Lipinski definition) is 1. The van der Waals surface area contributed by atoms with E-state index < -0.39 is 17.5 Å². The summed E-state index contributed by atoms with van der Waals surface area (Å²) in [5.74, 6) is -1.28. The van der Waals surface area contributed by atoms with Crippen LogP contribution in [0.4, 0.5) is 8.78 Å². The Labute approximate surface area is 138 Å². The van der Waals surface area contributed by atoms with E-state index in [2.05, 4.69) is 10.3 Å². The standard InChI is InChI=1S/C17H19F2N3O2/c1-22-7-6-20-16(22)15-11(3-2-8-24-15)10-21-17(23)13-5-4-12(18)9-14(13)19/h4-7,9,11,15H,2-3,8,10H2,1H3,(H,21,23)/t11-,15+/m0/s1. The van der Waals surface area contributed by atoms with Crippen molar-refractivity contribution >= 4 is 5.91 Å². The average Bonchev–Trinajstić information content (AvgIpc) is 2.99. The molecule has 128 valence electrons. The highest BCUT2D eigenvalue weighted by atomic mass is 19.1. The fourth-order valence-electron chi connectivity index (χ4n) is 2.98. The average molecular weight is 335 g/mol. The van der Waals surface area contributed by atoms with E-state index in [9.17, 15) is 13.6 Å². The molecule has 1 fully saturated rings. The lowest BCUT2D eigenvalue weighted by molar-refractivity contribution is -0.0337. The third kappa shape index (κ3) is 3.46. The number of benzene rings is 1. The van der Waals surface area contributed by atoms with E-state index in [0.29, 0.717) is 19.2 Å². The van der Waals surface area contributed by atoms with Crippen LogP contribution in [-0.2, 0) is 11.8 Å². The first-order valence-electron chi connectivity index (χ1n) is 7.88. The molecule has 1 saturated heterocycles. The Kier molecular flexibility index (Phi) is 4.89. The highest BCUT2D eigenvalue weighted by Gasteiger charge is 2.30. The Morgan fingerprint density at radius 3 is 3.00 bits per heavy atom. The van der Waals surface area contributed by atoms with Gasteiger partial charge in [-0.2, -0.15) is 0 Å².